The van der Waals surface area contributed by atoms with Gasteiger partial charge in [0.1, 0.15) is 11.6 Å². The van der Waals surface area contributed by atoms with Crippen LogP contribution in [0, 0.1) is 5.82 Å². The van der Waals surface area contributed by atoms with E-state index >= 15 is 0 Å². The first kappa shape index (κ1) is 11.4. The maximum atomic E-state index is 12.9. The van der Waals surface area contributed by atoms with Crippen LogP contribution in [0.4, 0.5) is 10.1 Å². The van der Waals surface area contributed by atoms with Crippen molar-refractivity contribution >= 4 is 5.69 Å². The van der Waals surface area contributed by atoms with Gasteiger partial charge in [0.2, 0.25) is 0 Å². The van der Waals surface area contributed by atoms with Gasteiger partial charge in [-0.15, -0.1) is 0 Å². The Balaban J connectivity index is 1.92. The highest BCUT2D eigenvalue weighted by molar-refractivity contribution is 5.40. The number of rotatable bonds is 4. The molecule has 0 spiro atoms. The molecule has 0 bridgehead atoms. The van der Waals surface area contributed by atoms with Gasteiger partial charge in [-0.3, -0.25) is 4.68 Å². The van der Waals surface area contributed by atoms with E-state index in [1.165, 1.54) is 12.1 Å². The molecule has 0 aliphatic carbocycles. The molecule has 2 aromatic rings. The number of hydrogen-bond donors (Lipinski definition) is 1. The number of nitrogen functional groups attached to an aromatic ring is 1. The zero-order valence-electron chi connectivity index (χ0n) is 9.56. The topological polar surface area (TPSA) is 53.1 Å². The Morgan fingerprint density at radius 1 is 1.47 bits per heavy atom. The van der Waals surface area contributed by atoms with Gasteiger partial charge in [0.25, 0.3) is 0 Å². The van der Waals surface area contributed by atoms with Crippen molar-refractivity contribution in [3.8, 4) is 5.75 Å². The number of anilines is 1. The molecule has 0 unspecified atom stereocenters. The summed E-state index contributed by atoms with van der Waals surface area (Å²) in [5, 5.41) is 4.03. The molecule has 0 saturated carbocycles. The molecule has 1 aromatic heterocycles. The molecule has 1 aromatic carbocycles. The Bertz CT molecular complexity index is 491. The lowest BCUT2D eigenvalue weighted by Gasteiger charge is -2.07. The fourth-order valence-corrected chi connectivity index (χ4v) is 1.61. The molecule has 1 heterocycles. The molecule has 0 aliphatic heterocycles. The van der Waals surface area contributed by atoms with Crippen molar-refractivity contribution in [2.75, 3.05) is 12.3 Å². The van der Waals surface area contributed by atoms with Gasteiger partial charge in [-0.2, -0.15) is 5.10 Å². The molecule has 2 rings (SSSR count). The van der Waals surface area contributed by atoms with Crippen LogP contribution in [0.5, 0.6) is 5.75 Å². The van der Waals surface area contributed by atoms with Crippen molar-refractivity contribution < 1.29 is 9.13 Å². The smallest absolute Gasteiger partial charge is 0.126 e. The van der Waals surface area contributed by atoms with Gasteiger partial charge in [0.05, 0.1) is 24.2 Å². The second-order valence-electron chi connectivity index (χ2n) is 3.73. The summed E-state index contributed by atoms with van der Waals surface area (Å²) in [5.74, 6) is 0.216. The molecule has 5 heteroatoms. The van der Waals surface area contributed by atoms with E-state index < -0.39 is 0 Å². The molecule has 0 atom stereocenters. The van der Waals surface area contributed by atoms with Gasteiger partial charge in [0, 0.05) is 19.5 Å². The summed E-state index contributed by atoms with van der Waals surface area (Å²) in [5.41, 5.74) is 7.31. The van der Waals surface area contributed by atoms with Gasteiger partial charge < -0.3 is 10.5 Å². The van der Waals surface area contributed by atoms with Crippen molar-refractivity contribution in [1.82, 2.24) is 9.78 Å². The summed E-state index contributed by atoms with van der Waals surface area (Å²) >= 11 is 0. The third kappa shape index (κ3) is 2.75. The fourth-order valence-electron chi connectivity index (χ4n) is 1.61. The minimum atomic E-state index is -0.303. The maximum Gasteiger partial charge on any atom is 0.126 e. The van der Waals surface area contributed by atoms with Gasteiger partial charge in [-0.25, -0.2) is 4.39 Å². The molecule has 4 nitrogen and oxygen atoms in total. The average molecular weight is 235 g/mol. The van der Waals surface area contributed by atoms with Crippen LogP contribution in [-0.4, -0.2) is 16.4 Å². The van der Waals surface area contributed by atoms with Gasteiger partial charge in [0.15, 0.2) is 0 Å². The quantitative estimate of drug-likeness (QED) is 0.878. The third-order valence-corrected chi connectivity index (χ3v) is 2.50. The van der Waals surface area contributed by atoms with Crippen LogP contribution in [0.1, 0.15) is 5.69 Å². The minimum Gasteiger partial charge on any atom is -0.493 e. The summed E-state index contributed by atoms with van der Waals surface area (Å²) in [4.78, 5) is 0. The number of benzene rings is 1. The summed E-state index contributed by atoms with van der Waals surface area (Å²) in [7, 11) is 1.83. The van der Waals surface area contributed by atoms with Crippen molar-refractivity contribution in [2.45, 2.75) is 6.42 Å². The van der Waals surface area contributed by atoms with Crippen molar-refractivity contribution in [2.24, 2.45) is 7.05 Å². The third-order valence-electron chi connectivity index (χ3n) is 2.50. The number of nitrogens with zero attached hydrogens (tertiary/aromatic N) is 2. The van der Waals surface area contributed by atoms with Crippen LogP contribution in [-0.2, 0) is 13.5 Å². The van der Waals surface area contributed by atoms with Crippen LogP contribution in [0.15, 0.2) is 30.5 Å². The Labute approximate surface area is 98.8 Å². The predicted octanol–water partition coefficient (Wildman–Crippen LogP) is 1.76. The van der Waals surface area contributed by atoms with Crippen LogP contribution in [0.25, 0.3) is 0 Å². The zero-order chi connectivity index (χ0) is 12.3. The number of hydrogen-bond acceptors (Lipinski definition) is 3. The van der Waals surface area contributed by atoms with E-state index in [9.17, 15) is 4.39 Å². The van der Waals surface area contributed by atoms with E-state index in [4.69, 9.17) is 10.5 Å². The highest BCUT2D eigenvalue weighted by atomic mass is 19.1. The number of aromatic nitrogens is 2. The molecule has 17 heavy (non-hydrogen) atoms. The average Bonchev–Trinajstić information content (AvgIpc) is 2.61. The van der Waals surface area contributed by atoms with Crippen LogP contribution in [0.2, 0.25) is 0 Å². The molecular formula is C12H14FN3O. The van der Waals surface area contributed by atoms with Gasteiger partial charge in [-0.05, 0) is 12.1 Å². The first-order valence-electron chi connectivity index (χ1n) is 5.31. The number of halogens is 1. The molecule has 2 N–H and O–H groups in total. The largest absolute Gasteiger partial charge is 0.493 e. The van der Waals surface area contributed by atoms with E-state index in [1.807, 2.05) is 7.05 Å². The number of ether oxygens (including phenoxy) is 1. The maximum absolute atomic E-state index is 12.9. The van der Waals surface area contributed by atoms with E-state index in [1.54, 1.807) is 23.0 Å². The Hall–Kier alpha value is -2.04. The Kier molecular flexibility index (Phi) is 3.27. The van der Waals surface area contributed by atoms with Crippen molar-refractivity contribution in [1.29, 1.82) is 0 Å². The van der Waals surface area contributed by atoms with Gasteiger partial charge >= 0.3 is 0 Å². The zero-order valence-corrected chi connectivity index (χ0v) is 9.56. The lowest BCUT2D eigenvalue weighted by molar-refractivity contribution is 0.317. The molecule has 0 fully saturated rings. The summed E-state index contributed by atoms with van der Waals surface area (Å²) in [6.07, 6.45) is 2.25. The molecule has 0 radical (unpaired) electrons. The monoisotopic (exact) mass is 235 g/mol. The lowest BCUT2D eigenvalue weighted by atomic mass is 10.3. The standard InChI is InChI=1S/C12H14FN3O/c1-16-12(11(14)8-15-16)5-6-17-10-4-2-3-9(13)7-10/h2-4,7-8H,5-6,14H2,1H3. The summed E-state index contributed by atoms with van der Waals surface area (Å²) in [6, 6.07) is 6.07. The Morgan fingerprint density at radius 2 is 2.29 bits per heavy atom. The van der Waals surface area contributed by atoms with E-state index in [0.717, 1.165) is 5.69 Å². The Morgan fingerprint density at radius 3 is 2.94 bits per heavy atom. The van der Waals surface area contributed by atoms with E-state index in [-0.39, 0.29) is 5.82 Å². The summed E-state index contributed by atoms with van der Waals surface area (Å²) < 4.78 is 20.0. The van der Waals surface area contributed by atoms with Crippen LogP contribution in [0.3, 0.4) is 0 Å². The summed E-state index contributed by atoms with van der Waals surface area (Å²) in [6.45, 7) is 0.438. The molecule has 0 amide bonds. The minimum absolute atomic E-state index is 0.303. The second kappa shape index (κ2) is 4.86. The predicted molar refractivity (Wildman–Crippen MR) is 63.2 cm³/mol. The molecule has 90 valence electrons. The first-order valence-corrected chi connectivity index (χ1v) is 5.31. The second-order valence-corrected chi connectivity index (χ2v) is 3.73. The highest BCUT2D eigenvalue weighted by Gasteiger charge is 2.05. The molecular weight excluding hydrogens is 221 g/mol. The normalized spacial score (nSPS) is 10.5. The highest BCUT2D eigenvalue weighted by Crippen LogP contribution is 2.14. The fraction of sp³-hybridized carbons (Fsp3) is 0.250. The van der Waals surface area contributed by atoms with E-state index in [2.05, 4.69) is 5.10 Å². The lowest BCUT2D eigenvalue weighted by Crippen LogP contribution is -2.07. The number of aryl methyl sites for hydroxylation is 1. The van der Waals surface area contributed by atoms with Crippen LogP contribution < -0.4 is 10.5 Å². The van der Waals surface area contributed by atoms with Gasteiger partial charge in [-0.1, -0.05) is 6.07 Å². The molecule has 0 saturated heterocycles. The SMILES string of the molecule is Cn1ncc(N)c1CCOc1cccc(F)c1. The molecule has 0 aliphatic rings. The van der Waals surface area contributed by atoms with E-state index in [0.29, 0.717) is 24.5 Å². The first-order chi connectivity index (χ1) is 8.16. The number of nitrogens with two attached hydrogens (primary N) is 1. The van der Waals surface area contributed by atoms with Crippen molar-refractivity contribution in [3.63, 3.8) is 0 Å². The van der Waals surface area contributed by atoms with Crippen molar-refractivity contribution in [3.05, 3.63) is 42.0 Å². The van der Waals surface area contributed by atoms with Crippen LogP contribution >= 0.6 is 0 Å².